The Morgan fingerprint density at radius 2 is 1.14 bits per heavy atom. The average molecular weight is 722 g/mol. The van der Waals surface area contributed by atoms with Crippen molar-refractivity contribution in [2.45, 2.75) is 18.9 Å². The van der Waals surface area contributed by atoms with E-state index in [0.29, 0.717) is 23.9 Å². The van der Waals surface area contributed by atoms with Gasteiger partial charge < -0.3 is 14.2 Å². The maximum Gasteiger partial charge on any atom is 0.173 e. The second-order valence-corrected chi connectivity index (χ2v) is 14.7. The van der Waals surface area contributed by atoms with Crippen LogP contribution in [0, 0.1) is 0 Å². The molecule has 0 N–H and O–H groups in total. The molecule has 0 spiro atoms. The molecule has 11 rings (SSSR count). The zero-order chi connectivity index (χ0) is 37.4. The molecule has 7 aromatic carbocycles. The van der Waals surface area contributed by atoms with E-state index in [0.717, 1.165) is 72.7 Å². The van der Waals surface area contributed by atoms with Crippen molar-refractivity contribution in [3.8, 4) is 45.6 Å². The van der Waals surface area contributed by atoms with Crippen LogP contribution in [0.2, 0.25) is 0 Å². The van der Waals surface area contributed by atoms with Gasteiger partial charge in [-0.05, 0) is 54.4 Å². The topological polar surface area (TPSA) is 56.1 Å². The van der Waals surface area contributed by atoms with E-state index in [1.54, 1.807) is 0 Å². The van der Waals surface area contributed by atoms with Gasteiger partial charge in [0.15, 0.2) is 23.1 Å². The molecule has 2 aliphatic rings. The summed E-state index contributed by atoms with van der Waals surface area (Å²) in [5.41, 5.74) is 11.7. The highest BCUT2D eigenvalue weighted by atomic mass is 16.5. The van der Waals surface area contributed by atoms with Crippen molar-refractivity contribution in [3.05, 3.63) is 199 Å². The standard InChI is InChI=1S/C50H35N5O/c1-32-50(2)41-24-11-14-27-44(41)54(32)42-25-12-9-20-35(42)28-37-30-40-39-23-10-13-26-43(39)55(45(40)31-46(37)56-50)38-22-15-21-36(29-38)49-52-47(33-16-5-3-6-17-33)51-48(53-49)34-18-7-4-8-19-34/h3-27,29-31H,1,28H2,2H3/t50-/m0/s1. The van der Waals surface area contributed by atoms with Gasteiger partial charge in [0.2, 0.25) is 0 Å². The molecule has 9 aromatic rings. The van der Waals surface area contributed by atoms with Gasteiger partial charge in [-0.25, -0.2) is 15.0 Å². The Bertz CT molecular complexity index is 2970. The molecule has 1 atom stereocenters. The van der Waals surface area contributed by atoms with E-state index < -0.39 is 5.60 Å². The molecule has 56 heavy (non-hydrogen) atoms. The molecule has 0 saturated heterocycles. The molecule has 2 aromatic heterocycles. The highest BCUT2D eigenvalue weighted by Gasteiger charge is 2.47. The first kappa shape index (κ1) is 32.1. The SMILES string of the molecule is C=C1N2c3ccccc3Cc3cc4c5ccccc5n(-c5cccc(-c6nc(-c7ccccc7)nc(-c7ccccc7)n6)c5)c4cc3O[C@]1(C)c1ccccc12. The summed E-state index contributed by atoms with van der Waals surface area (Å²) in [5.74, 6) is 2.71. The van der Waals surface area contributed by atoms with Crippen molar-refractivity contribution in [1.29, 1.82) is 0 Å². The predicted molar refractivity (Wildman–Crippen MR) is 225 cm³/mol. The molecule has 0 aliphatic carbocycles. The maximum atomic E-state index is 7.28. The van der Waals surface area contributed by atoms with Crippen LogP contribution in [-0.2, 0) is 12.0 Å². The van der Waals surface area contributed by atoms with Crippen LogP contribution in [-0.4, -0.2) is 19.5 Å². The van der Waals surface area contributed by atoms with Crippen molar-refractivity contribution in [3.63, 3.8) is 0 Å². The van der Waals surface area contributed by atoms with Gasteiger partial charge in [0.05, 0.1) is 22.4 Å². The van der Waals surface area contributed by atoms with Gasteiger partial charge in [-0.1, -0.05) is 134 Å². The van der Waals surface area contributed by atoms with Crippen molar-refractivity contribution >= 4 is 33.2 Å². The van der Waals surface area contributed by atoms with E-state index in [1.807, 2.05) is 60.7 Å². The number of hydrogen-bond donors (Lipinski definition) is 0. The first-order valence-electron chi connectivity index (χ1n) is 18.9. The van der Waals surface area contributed by atoms with Gasteiger partial charge >= 0.3 is 0 Å². The Morgan fingerprint density at radius 1 is 0.536 bits per heavy atom. The molecule has 0 fully saturated rings. The molecule has 0 saturated carbocycles. The van der Waals surface area contributed by atoms with E-state index in [9.17, 15) is 0 Å². The van der Waals surface area contributed by atoms with Crippen LogP contribution >= 0.6 is 0 Å². The number of nitrogens with zero attached hydrogens (tertiary/aromatic N) is 5. The summed E-state index contributed by atoms with van der Waals surface area (Å²) in [7, 11) is 0. The van der Waals surface area contributed by atoms with Crippen molar-refractivity contribution in [2.75, 3.05) is 4.90 Å². The summed E-state index contributed by atoms with van der Waals surface area (Å²) >= 11 is 0. The smallest absolute Gasteiger partial charge is 0.173 e. The fourth-order valence-corrected chi connectivity index (χ4v) is 8.55. The van der Waals surface area contributed by atoms with Crippen molar-refractivity contribution < 1.29 is 4.74 Å². The van der Waals surface area contributed by atoms with Crippen LogP contribution in [0.4, 0.5) is 11.4 Å². The largest absolute Gasteiger partial charge is 0.476 e. The molecule has 2 aliphatic heterocycles. The first-order valence-corrected chi connectivity index (χ1v) is 18.9. The number of ether oxygens (including phenoxy) is 1. The summed E-state index contributed by atoms with van der Waals surface area (Å²) in [6.07, 6.45) is 0.714. The van der Waals surface area contributed by atoms with E-state index >= 15 is 0 Å². The summed E-state index contributed by atoms with van der Waals surface area (Å²) in [6, 6.07) is 59.0. The summed E-state index contributed by atoms with van der Waals surface area (Å²) in [5, 5.41) is 2.34. The van der Waals surface area contributed by atoms with E-state index in [-0.39, 0.29) is 0 Å². The molecule has 0 radical (unpaired) electrons. The first-order chi connectivity index (χ1) is 27.5. The molecule has 2 bridgehead atoms. The summed E-state index contributed by atoms with van der Waals surface area (Å²) < 4.78 is 9.62. The zero-order valence-corrected chi connectivity index (χ0v) is 30.7. The Morgan fingerprint density at radius 3 is 1.89 bits per heavy atom. The van der Waals surface area contributed by atoms with E-state index in [1.165, 1.54) is 10.9 Å². The fraction of sp³-hybridized carbons (Fsp3) is 0.0600. The van der Waals surface area contributed by atoms with Gasteiger partial charge in [-0.15, -0.1) is 0 Å². The number of benzene rings is 7. The highest BCUT2D eigenvalue weighted by Crippen LogP contribution is 2.54. The van der Waals surface area contributed by atoms with Gasteiger partial charge in [0.1, 0.15) is 5.75 Å². The number of anilines is 2. The van der Waals surface area contributed by atoms with Gasteiger partial charge in [-0.3, -0.25) is 0 Å². The normalized spacial score (nSPS) is 15.7. The average Bonchev–Trinajstić information content (AvgIpc) is 3.69. The van der Waals surface area contributed by atoms with Crippen molar-refractivity contribution in [1.82, 2.24) is 19.5 Å². The molecular formula is C50H35N5O. The number of aromatic nitrogens is 4. The summed E-state index contributed by atoms with van der Waals surface area (Å²) in [4.78, 5) is 17.3. The minimum absolute atomic E-state index is 0.611. The predicted octanol–water partition coefficient (Wildman–Crippen LogP) is 11.8. The number of para-hydroxylation sites is 3. The van der Waals surface area contributed by atoms with Gasteiger partial charge in [0, 0.05) is 56.9 Å². The lowest BCUT2D eigenvalue weighted by molar-refractivity contribution is 0.133. The number of hydrogen-bond acceptors (Lipinski definition) is 5. The maximum absolute atomic E-state index is 7.28. The fourth-order valence-electron chi connectivity index (χ4n) is 8.55. The van der Waals surface area contributed by atoms with Crippen molar-refractivity contribution in [2.24, 2.45) is 0 Å². The Kier molecular flexibility index (Phi) is 7.10. The second kappa shape index (κ2) is 12.4. The van der Waals surface area contributed by atoms with E-state index in [4.69, 9.17) is 19.7 Å². The monoisotopic (exact) mass is 721 g/mol. The molecule has 4 heterocycles. The third kappa shape index (κ3) is 4.92. The minimum atomic E-state index is -0.779. The van der Waals surface area contributed by atoms with Crippen LogP contribution in [0.3, 0.4) is 0 Å². The summed E-state index contributed by atoms with van der Waals surface area (Å²) in [6.45, 7) is 6.82. The van der Waals surface area contributed by atoms with Gasteiger partial charge in [0.25, 0.3) is 0 Å². The minimum Gasteiger partial charge on any atom is -0.476 e. The number of rotatable bonds is 4. The molecule has 6 nitrogen and oxygen atoms in total. The van der Waals surface area contributed by atoms with Crippen LogP contribution in [0.25, 0.3) is 61.7 Å². The lowest BCUT2D eigenvalue weighted by Gasteiger charge is -2.30. The van der Waals surface area contributed by atoms with Gasteiger partial charge in [-0.2, -0.15) is 0 Å². The van der Waals surface area contributed by atoms with E-state index in [2.05, 4.69) is 132 Å². The van der Waals surface area contributed by atoms with Crippen LogP contribution in [0.5, 0.6) is 5.75 Å². The third-order valence-corrected chi connectivity index (χ3v) is 11.3. The van der Waals surface area contributed by atoms with Crippen LogP contribution in [0.15, 0.2) is 182 Å². The zero-order valence-electron chi connectivity index (χ0n) is 30.7. The quantitative estimate of drug-likeness (QED) is 0.181. The lowest BCUT2D eigenvalue weighted by Crippen LogP contribution is -2.31. The molecule has 6 heteroatoms. The Labute approximate surface area is 324 Å². The highest BCUT2D eigenvalue weighted by molar-refractivity contribution is 6.10. The second-order valence-electron chi connectivity index (χ2n) is 14.7. The Balaban J connectivity index is 1.12. The number of fused-ring (bicyclic) bond motifs is 11. The molecule has 0 amide bonds. The third-order valence-electron chi connectivity index (χ3n) is 11.3. The Hall–Kier alpha value is -7.31. The van der Waals surface area contributed by atoms with Crippen LogP contribution in [0.1, 0.15) is 23.6 Å². The molecule has 0 unspecified atom stereocenters. The van der Waals surface area contributed by atoms with Crippen LogP contribution < -0.4 is 9.64 Å². The lowest BCUT2D eigenvalue weighted by atomic mass is 9.95. The molecular weight excluding hydrogens is 687 g/mol. The molecule has 266 valence electrons.